The van der Waals surface area contributed by atoms with Gasteiger partial charge in [-0.15, -0.1) is 0 Å². The number of para-hydroxylation sites is 2. The van der Waals surface area contributed by atoms with Crippen molar-refractivity contribution in [3.8, 4) is 23.1 Å². The average molecular weight is 504 g/mol. The zero-order valence-electron chi connectivity index (χ0n) is 21.2. The highest BCUT2D eigenvalue weighted by Gasteiger charge is 2.23. The van der Waals surface area contributed by atoms with E-state index in [2.05, 4.69) is 10.3 Å². The van der Waals surface area contributed by atoms with Crippen LogP contribution in [0.5, 0.6) is 23.1 Å². The van der Waals surface area contributed by atoms with Crippen molar-refractivity contribution in [1.29, 1.82) is 0 Å². The number of nitrogens with zero attached hydrogens (tertiary/aromatic N) is 2. The summed E-state index contributed by atoms with van der Waals surface area (Å²) in [5.41, 5.74) is 1.37. The molecule has 0 fully saturated rings. The van der Waals surface area contributed by atoms with Crippen LogP contribution in [0.3, 0.4) is 0 Å². The maximum absolute atomic E-state index is 13.6. The fourth-order valence-electron chi connectivity index (χ4n) is 4.16. The van der Waals surface area contributed by atoms with Gasteiger partial charge in [0.1, 0.15) is 11.3 Å². The van der Waals surface area contributed by atoms with Gasteiger partial charge in [0, 0.05) is 19.3 Å². The Labute approximate surface area is 217 Å². The minimum atomic E-state index is -0.290. The topological polar surface area (TPSA) is 90.0 Å². The first-order valence-corrected chi connectivity index (χ1v) is 12.7. The molecule has 1 N–H and O–H groups in total. The SMILES string of the molecule is COc1cccc(CCNC(=O)CN2CCCCCCOc3ccccc3Oc3ncccc3C2=O)c1. The van der Waals surface area contributed by atoms with Crippen LogP contribution < -0.4 is 19.5 Å². The molecule has 0 saturated carbocycles. The second-order valence-electron chi connectivity index (χ2n) is 8.85. The summed E-state index contributed by atoms with van der Waals surface area (Å²) in [6, 6.07) is 18.5. The van der Waals surface area contributed by atoms with Gasteiger partial charge >= 0.3 is 0 Å². The number of benzene rings is 2. The Morgan fingerprint density at radius 1 is 1.03 bits per heavy atom. The number of hydrogen-bond acceptors (Lipinski definition) is 6. The van der Waals surface area contributed by atoms with Gasteiger partial charge in [0.2, 0.25) is 11.8 Å². The highest BCUT2D eigenvalue weighted by molar-refractivity contribution is 5.98. The van der Waals surface area contributed by atoms with Gasteiger partial charge in [-0.3, -0.25) is 9.59 Å². The Hall–Kier alpha value is -4.07. The molecule has 2 aromatic carbocycles. The Morgan fingerprint density at radius 2 is 1.86 bits per heavy atom. The number of carbonyl (C=O) groups is 2. The minimum absolute atomic E-state index is 0.0367. The van der Waals surface area contributed by atoms with Gasteiger partial charge in [0.05, 0.1) is 20.3 Å². The summed E-state index contributed by atoms with van der Waals surface area (Å²) in [5, 5.41) is 2.94. The van der Waals surface area contributed by atoms with Crippen molar-refractivity contribution < 1.29 is 23.8 Å². The number of carbonyl (C=O) groups excluding carboxylic acids is 2. The molecule has 8 heteroatoms. The van der Waals surface area contributed by atoms with Crippen molar-refractivity contribution in [1.82, 2.24) is 15.2 Å². The quantitative estimate of drug-likeness (QED) is 0.527. The zero-order valence-corrected chi connectivity index (χ0v) is 21.2. The van der Waals surface area contributed by atoms with Crippen LogP contribution in [-0.4, -0.2) is 55.0 Å². The fourth-order valence-corrected chi connectivity index (χ4v) is 4.16. The first-order chi connectivity index (χ1) is 18.1. The molecule has 0 aliphatic carbocycles. The Kier molecular flexibility index (Phi) is 9.35. The molecule has 0 atom stereocenters. The molecule has 1 aliphatic heterocycles. The van der Waals surface area contributed by atoms with Gasteiger partial charge in [-0.2, -0.15) is 0 Å². The van der Waals surface area contributed by atoms with Crippen molar-refractivity contribution in [3.63, 3.8) is 0 Å². The molecule has 0 unspecified atom stereocenters. The summed E-state index contributed by atoms with van der Waals surface area (Å²) < 4.78 is 17.2. The first-order valence-electron chi connectivity index (χ1n) is 12.7. The predicted octanol–water partition coefficient (Wildman–Crippen LogP) is 4.64. The molecule has 1 aromatic heterocycles. The van der Waals surface area contributed by atoms with Crippen molar-refractivity contribution in [2.45, 2.75) is 32.1 Å². The fraction of sp³-hybridized carbons (Fsp3) is 0.345. The largest absolute Gasteiger partial charge is 0.497 e. The number of methoxy groups -OCH3 is 1. The summed E-state index contributed by atoms with van der Waals surface area (Å²) >= 11 is 0. The maximum atomic E-state index is 13.6. The van der Waals surface area contributed by atoms with Crippen molar-refractivity contribution in [2.24, 2.45) is 0 Å². The lowest BCUT2D eigenvalue weighted by Crippen LogP contribution is -2.42. The smallest absolute Gasteiger partial charge is 0.259 e. The molecule has 0 radical (unpaired) electrons. The van der Waals surface area contributed by atoms with Crippen LogP contribution in [0.2, 0.25) is 0 Å². The summed E-state index contributed by atoms with van der Waals surface area (Å²) in [4.78, 5) is 32.3. The van der Waals surface area contributed by atoms with Crippen molar-refractivity contribution >= 4 is 11.8 Å². The Bertz CT molecular complexity index is 1200. The summed E-state index contributed by atoms with van der Waals surface area (Å²) in [6.07, 6.45) is 5.82. The summed E-state index contributed by atoms with van der Waals surface area (Å²) in [6.45, 7) is 1.47. The Morgan fingerprint density at radius 3 is 2.73 bits per heavy atom. The molecule has 4 rings (SSSR count). The zero-order chi connectivity index (χ0) is 25.9. The number of rotatable bonds is 6. The van der Waals surface area contributed by atoms with Crippen LogP contribution in [0.25, 0.3) is 0 Å². The predicted molar refractivity (Wildman–Crippen MR) is 140 cm³/mol. The third-order valence-corrected chi connectivity index (χ3v) is 6.13. The van der Waals surface area contributed by atoms with E-state index in [1.54, 1.807) is 36.4 Å². The van der Waals surface area contributed by atoms with Crippen molar-refractivity contribution in [3.05, 3.63) is 78.0 Å². The molecule has 0 spiro atoms. The van der Waals surface area contributed by atoms with E-state index in [1.165, 1.54) is 0 Å². The van der Waals surface area contributed by atoms with Gasteiger partial charge in [-0.05, 0) is 61.2 Å². The standard InChI is InChI=1S/C29H33N3O5/c1-35-23-11-8-10-22(20-23)15-17-30-27(33)21-32-18-6-2-3-7-19-36-25-13-4-5-14-26(25)37-28-24(29(32)34)12-9-16-31-28/h4-5,8-14,16,20H,2-3,6-7,15,17-19,21H2,1H3,(H,30,33). The number of amides is 2. The highest BCUT2D eigenvalue weighted by atomic mass is 16.5. The molecule has 2 heterocycles. The normalized spacial score (nSPS) is 14.3. The third-order valence-electron chi connectivity index (χ3n) is 6.13. The van der Waals surface area contributed by atoms with Gasteiger partial charge in [0.25, 0.3) is 5.91 Å². The number of ether oxygens (including phenoxy) is 3. The number of nitrogens with one attached hydrogen (secondary N) is 1. The summed E-state index contributed by atoms with van der Waals surface area (Å²) in [5.74, 6) is 1.57. The van der Waals surface area contributed by atoms with E-state index in [0.717, 1.165) is 37.0 Å². The van der Waals surface area contributed by atoms with Crippen LogP contribution in [0.15, 0.2) is 66.9 Å². The average Bonchev–Trinajstić information content (AvgIpc) is 2.92. The maximum Gasteiger partial charge on any atom is 0.259 e. The van der Waals surface area contributed by atoms with Gasteiger partial charge in [-0.25, -0.2) is 4.98 Å². The highest BCUT2D eigenvalue weighted by Crippen LogP contribution is 2.32. The number of aromatic nitrogens is 1. The van der Waals surface area contributed by atoms with E-state index < -0.39 is 0 Å². The van der Waals surface area contributed by atoms with E-state index in [-0.39, 0.29) is 24.2 Å². The van der Waals surface area contributed by atoms with E-state index in [4.69, 9.17) is 14.2 Å². The van der Waals surface area contributed by atoms with Crippen LogP contribution in [-0.2, 0) is 11.2 Å². The van der Waals surface area contributed by atoms with Gasteiger partial charge in [-0.1, -0.05) is 37.1 Å². The molecule has 0 saturated heterocycles. The molecule has 0 bridgehead atoms. The minimum Gasteiger partial charge on any atom is -0.497 e. The molecule has 8 nitrogen and oxygen atoms in total. The van der Waals surface area contributed by atoms with Crippen LogP contribution in [0.1, 0.15) is 41.6 Å². The lowest BCUT2D eigenvalue weighted by atomic mass is 10.1. The summed E-state index contributed by atoms with van der Waals surface area (Å²) in [7, 11) is 1.63. The second kappa shape index (κ2) is 13.3. The van der Waals surface area contributed by atoms with Gasteiger partial charge in [0.15, 0.2) is 11.5 Å². The van der Waals surface area contributed by atoms with Crippen LogP contribution in [0.4, 0.5) is 0 Å². The van der Waals surface area contributed by atoms with Crippen LogP contribution >= 0.6 is 0 Å². The number of fused-ring (bicyclic) bond motifs is 2. The van der Waals surface area contributed by atoms with Crippen molar-refractivity contribution in [2.75, 3.05) is 33.4 Å². The molecule has 3 aromatic rings. The monoisotopic (exact) mass is 503 g/mol. The second-order valence-corrected chi connectivity index (χ2v) is 8.85. The molecule has 1 aliphatic rings. The van der Waals surface area contributed by atoms with Crippen LogP contribution in [0, 0.1) is 0 Å². The number of hydrogen-bond donors (Lipinski definition) is 1. The first kappa shape index (κ1) is 26.0. The molecule has 194 valence electrons. The lowest BCUT2D eigenvalue weighted by Gasteiger charge is -2.23. The Balaban J connectivity index is 1.46. The molecule has 2 amide bonds. The number of pyridine rings is 1. The van der Waals surface area contributed by atoms with E-state index >= 15 is 0 Å². The molecular formula is C29H33N3O5. The molecular weight excluding hydrogens is 470 g/mol. The molecule has 37 heavy (non-hydrogen) atoms. The van der Waals surface area contributed by atoms with E-state index in [9.17, 15) is 9.59 Å². The third kappa shape index (κ3) is 7.46. The van der Waals surface area contributed by atoms with E-state index in [1.807, 2.05) is 42.5 Å². The lowest BCUT2D eigenvalue weighted by molar-refractivity contribution is -0.121. The van der Waals surface area contributed by atoms with E-state index in [0.29, 0.717) is 43.2 Å². The van der Waals surface area contributed by atoms with Gasteiger partial charge < -0.3 is 24.4 Å².